The molecule has 0 radical (unpaired) electrons. The number of fused-ring (bicyclic) bond motifs is 1. The summed E-state index contributed by atoms with van der Waals surface area (Å²) in [6.07, 6.45) is 5.22. The van der Waals surface area contributed by atoms with Crippen LogP contribution < -0.4 is 5.32 Å². The number of terminal acetylenes is 1. The fraction of sp³-hybridized carbons (Fsp3) is 0.100. The smallest absolute Gasteiger partial charge is 0.251 e. The Morgan fingerprint density at radius 1 is 1.50 bits per heavy atom. The average Bonchev–Trinajstić information content (AvgIpc) is 2.47. The van der Waals surface area contributed by atoms with Crippen LogP contribution in [-0.4, -0.2) is 5.91 Å². The molecule has 1 N–H and O–H groups in total. The summed E-state index contributed by atoms with van der Waals surface area (Å²) in [5.41, 5.74) is 2.56. The van der Waals surface area contributed by atoms with Crippen molar-refractivity contribution in [3.8, 4) is 12.3 Å². The van der Waals surface area contributed by atoms with E-state index >= 15 is 0 Å². The van der Waals surface area contributed by atoms with Gasteiger partial charge in [-0.2, -0.15) is 0 Å². The molecule has 0 aliphatic carbocycles. The van der Waals surface area contributed by atoms with E-state index in [0.717, 1.165) is 16.7 Å². The molecule has 1 heterocycles. The third-order valence-corrected chi connectivity index (χ3v) is 1.96. The first-order valence-electron chi connectivity index (χ1n) is 3.69. The van der Waals surface area contributed by atoms with E-state index in [-0.39, 0.29) is 5.91 Å². The molecule has 0 fully saturated rings. The molecule has 2 rings (SSSR count). The second-order valence-electron chi connectivity index (χ2n) is 2.70. The first-order chi connectivity index (χ1) is 5.81. The van der Waals surface area contributed by atoms with Gasteiger partial charge in [0.1, 0.15) is 0 Å². The maximum Gasteiger partial charge on any atom is 0.251 e. The van der Waals surface area contributed by atoms with Crippen LogP contribution in [0.1, 0.15) is 21.5 Å². The van der Waals surface area contributed by atoms with Crippen LogP contribution in [0.25, 0.3) is 0 Å². The van der Waals surface area contributed by atoms with E-state index in [1.165, 1.54) is 0 Å². The fourth-order valence-corrected chi connectivity index (χ4v) is 1.32. The zero-order valence-electron chi connectivity index (χ0n) is 6.42. The Bertz CT molecular complexity index is 387. The fourth-order valence-electron chi connectivity index (χ4n) is 1.32. The second-order valence-corrected chi connectivity index (χ2v) is 2.70. The molecular weight excluding hydrogens is 150 g/mol. The lowest BCUT2D eigenvalue weighted by molar-refractivity contribution is 0.0966. The molecule has 58 valence electrons. The van der Waals surface area contributed by atoms with Crippen LogP contribution in [0, 0.1) is 12.3 Å². The van der Waals surface area contributed by atoms with Crippen LogP contribution in [0.4, 0.5) is 0 Å². The number of rotatable bonds is 0. The summed E-state index contributed by atoms with van der Waals surface area (Å²) in [4.78, 5) is 11.1. The quantitative estimate of drug-likeness (QED) is 0.557. The van der Waals surface area contributed by atoms with Gasteiger partial charge in [0.05, 0.1) is 0 Å². The number of hydrogen-bond donors (Lipinski definition) is 1. The summed E-state index contributed by atoms with van der Waals surface area (Å²) in [7, 11) is 0. The third kappa shape index (κ3) is 0.876. The van der Waals surface area contributed by atoms with Gasteiger partial charge >= 0.3 is 0 Å². The molecule has 0 atom stereocenters. The van der Waals surface area contributed by atoms with Crippen molar-refractivity contribution in [1.82, 2.24) is 5.32 Å². The molecule has 0 unspecified atom stereocenters. The van der Waals surface area contributed by atoms with E-state index in [9.17, 15) is 4.79 Å². The maximum absolute atomic E-state index is 11.1. The minimum atomic E-state index is -0.00595. The van der Waals surface area contributed by atoms with Crippen LogP contribution in [0.3, 0.4) is 0 Å². The molecule has 0 bridgehead atoms. The molecule has 0 aromatic heterocycles. The predicted octanol–water partition coefficient (Wildman–Crippen LogP) is 0.911. The number of hydrogen-bond acceptors (Lipinski definition) is 1. The van der Waals surface area contributed by atoms with Crippen LogP contribution in [-0.2, 0) is 6.54 Å². The SMILES string of the molecule is C#Cc1ccc2c(c1)CNC2=O. The number of carbonyl (C=O) groups is 1. The highest BCUT2D eigenvalue weighted by Crippen LogP contribution is 2.16. The lowest BCUT2D eigenvalue weighted by atomic mass is 10.1. The Labute approximate surface area is 70.6 Å². The number of amides is 1. The van der Waals surface area contributed by atoms with Gasteiger partial charge in [-0.15, -0.1) is 6.42 Å². The largest absolute Gasteiger partial charge is 0.348 e. The van der Waals surface area contributed by atoms with Gasteiger partial charge in [0.25, 0.3) is 5.91 Å². The lowest BCUT2D eigenvalue weighted by Gasteiger charge is -1.94. The molecule has 2 nitrogen and oxygen atoms in total. The van der Waals surface area contributed by atoms with Crippen molar-refractivity contribution >= 4 is 5.91 Å². The van der Waals surface area contributed by atoms with Crippen molar-refractivity contribution in [2.45, 2.75) is 6.54 Å². The molecule has 0 spiro atoms. The zero-order valence-corrected chi connectivity index (χ0v) is 6.42. The van der Waals surface area contributed by atoms with E-state index in [1.807, 2.05) is 6.07 Å². The third-order valence-electron chi connectivity index (χ3n) is 1.96. The van der Waals surface area contributed by atoms with Gasteiger partial charge in [-0.05, 0) is 23.8 Å². The van der Waals surface area contributed by atoms with Crippen molar-refractivity contribution < 1.29 is 4.79 Å². The number of benzene rings is 1. The Kier molecular flexibility index (Phi) is 1.38. The van der Waals surface area contributed by atoms with E-state index in [2.05, 4.69) is 11.2 Å². The highest BCUT2D eigenvalue weighted by atomic mass is 16.1. The zero-order chi connectivity index (χ0) is 8.55. The van der Waals surface area contributed by atoms with Crippen LogP contribution in [0.15, 0.2) is 18.2 Å². The summed E-state index contributed by atoms with van der Waals surface area (Å²) in [6.45, 7) is 0.601. The molecule has 0 saturated carbocycles. The highest BCUT2D eigenvalue weighted by molar-refractivity contribution is 5.98. The summed E-state index contributed by atoms with van der Waals surface area (Å²) in [5.74, 6) is 2.53. The van der Waals surface area contributed by atoms with E-state index in [4.69, 9.17) is 6.42 Å². The van der Waals surface area contributed by atoms with Crippen LogP contribution in [0.5, 0.6) is 0 Å². The second kappa shape index (κ2) is 2.38. The van der Waals surface area contributed by atoms with Gasteiger partial charge in [0.2, 0.25) is 0 Å². The van der Waals surface area contributed by atoms with Gasteiger partial charge in [-0.1, -0.05) is 5.92 Å². The average molecular weight is 157 g/mol. The van der Waals surface area contributed by atoms with E-state index in [1.54, 1.807) is 12.1 Å². The van der Waals surface area contributed by atoms with Crippen molar-refractivity contribution in [3.63, 3.8) is 0 Å². The molecule has 1 aliphatic heterocycles. The van der Waals surface area contributed by atoms with Gasteiger partial charge in [-0.3, -0.25) is 4.79 Å². The van der Waals surface area contributed by atoms with E-state index < -0.39 is 0 Å². The summed E-state index contributed by atoms with van der Waals surface area (Å²) >= 11 is 0. The van der Waals surface area contributed by atoms with E-state index in [0.29, 0.717) is 6.54 Å². The number of nitrogens with one attached hydrogen (secondary N) is 1. The van der Waals surface area contributed by atoms with Gasteiger partial charge in [-0.25, -0.2) is 0 Å². The monoisotopic (exact) mass is 157 g/mol. The lowest BCUT2D eigenvalue weighted by Crippen LogP contribution is -2.12. The summed E-state index contributed by atoms with van der Waals surface area (Å²) < 4.78 is 0. The molecule has 12 heavy (non-hydrogen) atoms. The van der Waals surface area contributed by atoms with Crippen molar-refractivity contribution in [1.29, 1.82) is 0 Å². The van der Waals surface area contributed by atoms with Gasteiger partial charge in [0, 0.05) is 17.7 Å². The standard InChI is InChI=1S/C10H7NO/c1-2-7-3-4-9-8(5-7)6-11-10(9)12/h1,3-5H,6H2,(H,11,12). The van der Waals surface area contributed by atoms with Crippen LogP contribution in [0.2, 0.25) is 0 Å². The maximum atomic E-state index is 11.1. The summed E-state index contributed by atoms with van der Waals surface area (Å²) in [6, 6.07) is 5.42. The van der Waals surface area contributed by atoms with Crippen molar-refractivity contribution in [2.75, 3.05) is 0 Å². The molecule has 1 aliphatic rings. The number of carbonyl (C=O) groups excluding carboxylic acids is 1. The minimum absolute atomic E-state index is 0.00595. The Morgan fingerprint density at radius 2 is 2.33 bits per heavy atom. The summed E-state index contributed by atoms with van der Waals surface area (Å²) in [5, 5.41) is 2.73. The molecule has 1 amide bonds. The van der Waals surface area contributed by atoms with Crippen LogP contribution >= 0.6 is 0 Å². The minimum Gasteiger partial charge on any atom is -0.348 e. The Hall–Kier alpha value is -1.75. The van der Waals surface area contributed by atoms with Crippen molar-refractivity contribution in [2.24, 2.45) is 0 Å². The molecule has 1 aromatic carbocycles. The highest BCUT2D eigenvalue weighted by Gasteiger charge is 2.17. The first kappa shape index (κ1) is 6.93. The van der Waals surface area contributed by atoms with Crippen molar-refractivity contribution in [3.05, 3.63) is 34.9 Å². The molecule has 1 aromatic rings. The topological polar surface area (TPSA) is 29.1 Å². The molecular formula is C10H7NO. The normalized spacial score (nSPS) is 13.4. The Morgan fingerprint density at radius 3 is 3.08 bits per heavy atom. The predicted molar refractivity (Wildman–Crippen MR) is 45.5 cm³/mol. The van der Waals surface area contributed by atoms with Gasteiger partial charge < -0.3 is 5.32 Å². The first-order valence-corrected chi connectivity index (χ1v) is 3.69. The van der Waals surface area contributed by atoms with Gasteiger partial charge in [0.15, 0.2) is 0 Å². The molecule has 2 heteroatoms. The molecule has 0 saturated heterocycles. The Balaban J connectivity index is 2.57.